The van der Waals surface area contributed by atoms with Crippen molar-refractivity contribution < 1.29 is 9.53 Å². The molecule has 3 atom stereocenters. The Labute approximate surface area is 201 Å². The first kappa shape index (κ1) is 22.5. The van der Waals surface area contributed by atoms with Gasteiger partial charge < -0.3 is 21.1 Å². The molecule has 1 heterocycles. The van der Waals surface area contributed by atoms with E-state index in [0.29, 0.717) is 6.54 Å². The third-order valence-corrected chi connectivity index (χ3v) is 7.31. The van der Waals surface area contributed by atoms with Gasteiger partial charge in [-0.25, -0.2) is 4.79 Å². The van der Waals surface area contributed by atoms with E-state index < -0.39 is 6.03 Å². The molecule has 4 N–H and O–H groups in total. The van der Waals surface area contributed by atoms with Crippen molar-refractivity contribution in [2.45, 2.75) is 51.2 Å². The number of primary amides is 1. The number of fused-ring (bicyclic) bond motifs is 4. The molecule has 0 spiro atoms. The fourth-order valence-corrected chi connectivity index (χ4v) is 6.15. The standard InChI is InChI=1S/C29H33N3O2/c1-17-15-29(2,3)32-23-12-11-21-26-20(9-6-10-24(26)34-4)14-22(27(21)25(17)23)19-8-5-7-18(13-19)16-31-28(30)33/h5-13,15,22-23,25,32H,14,16H2,1-4H3,(H3,30,31,33). The second kappa shape index (κ2) is 8.48. The highest BCUT2D eigenvalue weighted by molar-refractivity contribution is 5.87. The molecule has 0 saturated carbocycles. The molecule has 3 unspecified atom stereocenters. The van der Waals surface area contributed by atoms with Crippen molar-refractivity contribution in [3.05, 3.63) is 94.1 Å². The molecular formula is C29H33N3O2. The van der Waals surface area contributed by atoms with E-state index in [0.717, 1.165) is 17.7 Å². The number of benzene rings is 2. The summed E-state index contributed by atoms with van der Waals surface area (Å²) in [6.07, 6.45) is 7.91. The molecule has 1 aliphatic heterocycles. The van der Waals surface area contributed by atoms with Crippen molar-refractivity contribution >= 4 is 11.6 Å². The largest absolute Gasteiger partial charge is 0.496 e. The molecule has 5 rings (SSSR count). The zero-order valence-electron chi connectivity index (χ0n) is 20.3. The topological polar surface area (TPSA) is 76.4 Å². The zero-order valence-corrected chi connectivity index (χ0v) is 20.3. The minimum absolute atomic E-state index is 0.0479. The Morgan fingerprint density at radius 3 is 2.79 bits per heavy atom. The van der Waals surface area contributed by atoms with Crippen LogP contribution in [-0.2, 0) is 13.0 Å². The predicted molar refractivity (Wildman–Crippen MR) is 137 cm³/mol. The van der Waals surface area contributed by atoms with Crippen molar-refractivity contribution in [2.75, 3.05) is 7.11 Å². The van der Waals surface area contributed by atoms with Gasteiger partial charge in [-0.15, -0.1) is 0 Å². The average molecular weight is 456 g/mol. The SMILES string of the molecule is COc1cccc2c1C1=C(C(c3cccc(CNC(N)=O)c3)C2)C2C(C)=CC(C)(C)NC2C=C1. The van der Waals surface area contributed by atoms with Gasteiger partial charge in [0.1, 0.15) is 5.75 Å². The molecule has 2 amide bonds. The maximum atomic E-state index is 11.3. The number of carbonyl (C=O) groups excluding carboxylic acids is 1. The molecule has 176 valence electrons. The van der Waals surface area contributed by atoms with Gasteiger partial charge in [-0.1, -0.05) is 60.2 Å². The van der Waals surface area contributed by atoms with Gasteiger partial charge in [-0.2, -0.15) is 0 Å². The number of methoxy groups -OCH3 is 1. The lowest BCUT2D eigenvalue weighted by molar-refractivity contribution is 0.248. The first-order valence-electron chi connectivity index (χ1n) is 11.9. The number of ether oxygens (including phenoxy) is 1. The number of hydrogen-bond donors (Lipinski definition) is 3. The molecule has 0 fully saturated rings. The maximum absolute atomic E-state index is 11.3. The predicted octanol–water partition coefficient (Wildman–Crippen LogP) is 4.84. The van der Waals surface area contributed by atoms with Gasteiger partial charge in [0.15, 0.2) is 0 Å². The van der Waals surface area contributed by atoms with Crippen LogP contribution in [0.4, 0.5) is 4.79 Å². The van der Waals surface area contributed by atoms with Crippen LogP contribution in [0.5, 0.6) is 5.75 Å². The van der Waals surface area contributed by atoms with Crippen LogP contribution in [0.3, 0.4) is 0 Å². The molecule has 0 bridgehead atoms. The summed E-state index contributed by atoms with van der Waals surface area (Å²) < 4.78 is 5.82. The fraction of sp³-hybridized carbons (Fsp3) is 0.345. The number of amides is 2. The van der Waals surface area contributed by atoms with Gasteiger partial charge in [0.25, 0.3) is 0 Å². The number of nitrogens with one attached hydrogen (secondary N) is 2. The number of rotatable bonds is 4. The lowest BCUT2D eigenvalue weighted by Crippen LogP contribution is -2.53. The maximum Gasteiger partial charge on any atom is 0.312 e. The Kier molecular flexibility index (Phi) is 5.61. The first-order valence-corrected chi connectivity index (χ1v) is 11.9. The van der Waals surface area contributed by atoms with E-state index in [1.807, 2.05) is 6.07 Å². The lowest BCUT2D eigenvalue weighted by atomic mass is 9.64. The van der Waals surface area contributed by atoms with Crippen LogP contribution in [0.1, 0.15) is 48.9 Å². The molecule has 2 aromatic carbocycles. The third kappa shape index (κ3) is 3.94. The van der Waals surface area contributed by atoms with Crippen LogP contribution in [0.2, 0.25) is 0 Å². The smallest absolute Gasteiger partial charge is 0.312 e. The van der Waals surface area contributed by atoms with E-state index in [2.05, 4.69) is 86.0 Å². The summed E-state index contributed by atoms with van der Waals surface area (Å²) in [6, 6.07) is 14.6. The normalized spacial score (nSPS) is 24.5. The summed E-state index contributed by atoms with van der Waals surface area (Å²) in [6.45, 7) is 7.16. The highest BCUT2D eigenvalue weighted by atomic mass is 16.5. The van der Waals surface area contributed by atoms with Crippen LogP contribution in [0.25, 0.3) is 5.57 Å². The van der Waals surface area contributed by atoms with Crippen molar-refractivity contribution in [2.24, 2.45) is 11.7 Å². The van der Waals surface area contributed by atoms with E-state index in [4.69, 9.17) is 10.5 Å². The first-order chi connectivity index (χ1) is 16.3. The van der Waals surface area contributed by atoms with Crippen LogP contribution in [0, 0.1) is 5.92 Å². The molecular weight excluding hydrogens is 422 g/mol. The van der Waals surface area contributed by atoms with Gasteiger partial charge in [0.2, 0.25) is 0 Å². The number of urea groups is 1. The highest BCUT2D eigenvalue weighted by Crippen LogP contribution is 2.52. The van der Waals surface area contributed by atoms with Gasteiger partial charge in [0.05, 0.1) is 7.11 Å². The molecule has 3 aliphatic rings. The summed E-state index contributed by atoms with van der Waals surface area (Å²) in [4.78, 5) is 11.3. The Morgan fingerprint density at radius 1 is 1.24 bits per heavy atom. The Hall–Kier alpha value is -3.31. The third-order valence-electron chi connectivity index (χ3n) is 7.31. The van der Waals surface area contributed by atoms with Gasteiger partial charge in [-0.3, -0.25) is 0 Å². The number of carbonyl (C=O) groups is 1. The minimum atomic E-state index is -0.508. The molecule has 5 nitrogen and oxygen atoms in total. The molecule has 2 aliphatic carbocycles. The lowest BCUT2D eigenvalue weighted by Gasteiger charge is -2.46. The quantitative estimate of drug-likeness (QED) is 0.578. The molecule has 0 aromatic heterocycles. The van der Waals surface area contributed by atoms with Gasteiger partial charge in [-0.05, 0) is 61.1 Å². The van der Waals surface area contributed by atoms with Crippen LogP contribution < -0.4 is 21.1 Å². The van der Waals surface area contributed by atoms with E-state index in [9.17, 15) is 4.79 Å². The zero-order chi connectivity index (χ0) is 24.0. The van der Waals surface area contributed by atoms with Crippen molar-refractivity contribution in [3.8, 4) is 5.75 Å². The van der Waals surface area contributed by atoms with Gasteiger partial charge >= 0.3 is 6.03 Å². The molecule has 2 aromatic rings. The van der Waals surface area contributed by atoms with Crippen LogP contribution >= 0.6 is 0 Å². The second-order valence-electron chi connectivity index (χ2n) is 10.2. The average Bonchev–Trinajstić information content (AvgIpc) is 2.80. The molecule has 0 radical (unpaired) electrons. The summed E-state index contributed by atoms with van der Waals surface area (Å²) in [5.41, 5.74) is 14.2. The van der Waals surface area contributed by atoms with Gasteiger partial charge in [0, 0.05) is 35.5 Å². The Balaban J connectivity index is 1.68. The minimum Gasteiger partial charge on any atom is -0.496 e. The summed E-state index contributed by atoms with van der Waals surface area (Å²) in [5, 5.41) is 6.56. The van der Waals surface area contributed by atoms with E-state index in [1.54, 1.807) is 7.11 Å². The van der Waals surface area contributed by atoms with E-state index in [1.165, 1.54) is 33.4 Å². The Morgan fingerprint density at radius 2 is 2.03 bits per heavy atom. The van der Waals surface area contributed by atoms with E-state index in [-0.39, 0.29) is 23.4 Å². The molecule has 5 heteroatoms. The molecule has 0 saturated heterocycles. The fourth-order valence-electron chi connectivity index (χ4n) is 6.15. The highest BCUT2D eigenvalue weighted by Gasteiger charge is 2.42. The van der Waals surface area contributed by atoms with Crippen molar-refractivity contribution in [1.82, 2.24) is 10.6 Å². The monoisotopic (exact) mass is 455 g/mol. The van der Waals surface area contributed by atoms with Crippen molar-refractivity contribution in [3.63, 3.8) is 0 Å². The van der Waals surface area contributed by atoms with Crippen LogP contribution in [0.15, 0.2) is 71.8 Å². The number of nitrogens with two attached hydrogens (primary N) is 1. The number of allylic oxidation sites excluding steroid dienone is 2. The summed E-state index contributed by atoms with van der Waals surface area (Å²) >= 11 is 0. The van der Waals surface area contributed by atoms with E-state index >= 15 is 0 Å². The molecule has 34 heavy (non-hydrogen) atoms. The summed E-state index contributed by atoms with van der Waals surface area (Å²) in [7, 11) is 1.75. The van der Waals surface area contributed by atoms with Crippen LogP contribution in [-0.4, -0.2) is 24.7 Å². The Bertz CT molecular complexity index is 1240. The number of hydrogen-bond acceptors (Lipinski definition) is 3. The second-order valence-corrected chi connectivity index (χ2v) is 10.2. The van der Waals surface area contributed by atoms with Crippen molar-refractivity contribution in [1.29, 1.82) is 0 Å². The summed E-state index contributed by atoms with van der Waals surface area (Å²) in [5.74, 6) is 1.44.